The van der Waals surface area contributed by atoms with Crippen molar-refractivity contribution in [3.63, 3.8) is 0 Å². The summed E-state index contributed by atoms with van der Waals surface area (Å²) in [6.45, 7) is 0. The van der Waals surface area contributed by atoms with Crippen LogP contribution in [-0.2, 0) is 0 Å². The van der Waals surface area contributed by atoms with Crippen LogP contribution in [0.1, 0.15) is 6.42 Å². The largest absolute Gasteiger partial charge is 0.161 e. The summed E-state index contributed by atoms with van der Waals surface area (Å²) in [5.74, 6) is 5.31. The third-order valence-corrected chi connectivity index (χ3v) is 3.06. The highest BCUT2D eigenvalue weighted by Crippen LogP contribution is 2.48. The molecule has 1 saturated carbocycles. The molecule has 0 nitrogen and oxygen atoms in total. The first-order valence-electron chi connectivity index (χ1n) is 2.54. The molecule has 0 bridgehead atoms. The second kappa shape index (κ2) is 0.945. The fraction of sp³-hybridized carbons (Fsp3) is 1.00. The highest BCUT2D eigenvalue weighted by Gasteiger charge is 2.41. The first-order chi connectivity index (χ1) is 2.97. The van der Waals surface area contributed by atoms with E-state index in [-0.39, 0.29) is 0 Å². The fourth-order valence-electron chi connectivity index (χ4n) is 1.09. The Balaban J connectivity index is 2.09. The molecule has 0 aromatic carbocycles. The molecule has 1 heterocycles. The molecular formula is C5H8S. The average molecular weight is 100 g/mol. The molecule has 0 spiro atoms. The molecule has 34 valence electrons. The van der Waals surface area contributed by atoms with Gasteiger partial charge in [-0.05, 0) is 29.8 Å². The van der Waals surface area contributed by atoms with Gasteiger partial charge in [0, 0.05) is 0 Å². The Bertz CT molecular complexity index is 62.3. The molecule has 0 aromatic heterocycles. The molecule has 1 saturated heterocycles. The lowest BCUT2D eigenvalue weighted by Crippen LogP contribution is -1.69. The van der Waals surface area contributed by atoms with Gasteiger partial charge in [-0.25, -0.2) is 0 Å². The summed E-state index contributed by atoms with van der Waals surface area (Å²) in [6.07, 6.45) is 1.56. The summed E-state index contributed by atoms with van der Waals surface area (Å²) in [4.78, 5) is 0. The molecule has 1 heteroatoms. The van der Waals surface area contributed by atoms with Crippen LogP contribution in [0, 0.1) is 11.8 Å². The molecule has 0 N–H and O–H groups in total. The second-order valence-corrected chi connectivity index (χ2v) is 3.37. The zero-order valence-electron chi connectivity index (χ0n) is 3.68. The lowest BCUT2D eigenvalue weighted by atomic mass is 10.4. The molecule has 0 amide bonds. The zero-order chi connectivity index (χ0) is 3.98. The van der Waals surface area contributed by atoms with Crippen LogP contribution >= 0.6 is 11.8 Å². The topological polar surface area (TPSA) is 0 Å². The lowest BCUT2D eigenvalue weighted by molar-refractivity contribution is 0.895. The van der Waals surface area contributed by atoms with Gasteiger partial charge in [0.15, 0.2) is 0 Å². The fourth-order valence-corrected chi connectivity index (χ4v) is 2.65. The molecule has 2 atom stereocenters. The highest BCUT2D eigenvalue weighted by molar-refractivity contribution is 7.99. The van der Waals surface area contributed by atoms with Gasteiger partial charge in [-0.2, -0.15) is 11.8 Å². The smallest absolute Gasteiger partial charge is 0.00360 e. The zero-order valence-corrected chi connectivity index (χ0v) is 4.50. The molecule has 2 aliphatic rings. The number of fused-ring (bicyclic) bond motifs is 1. The van der Waals surface area contributed by atoms with Gasteiger partial charge in [0.2, 0.25) is 0 Å². The summed E-state index contributed by atoms with van der Waals surface area (Å²) in [7, 11) is 0. The van der Waals surface area contributed by atoms with Crippen molar-refractivity contribution in [3.05, 3.63) is 0 Å². The van der Waals surface area contributed by atoms with Crippen LogP contribution in [0.4, 0.5) is 0 Å². The van der Waals surface area contributed by atoms with Crippen LogP contribution < -0.4 is 0 Å². The van der Waals surface area contributed by atoms with Crippen LogP contribution in [0.5, 0.6) is 0 Å². The highest BCUT2D eigenvalue weighted by atomic mass is 32.2. The summed E-state index contributed by atoms with van der Waals surface area (Å²) in [5, 5.41) is 0. The van der Waals surface area contributed by atoms with Crippen molar-refractivity contribution < 1.29 is 0 Å². The Labute approximate surface area is 42.3 Å². The van der Waals surface area contributed by atoms with Crippen molar-refractivity contribution in [2.75, 3.05) is 11.5 Å². The molecule has 1 unspecified atom stereocenters. The van der Waals surface area contributed by atoms with E-state index in [1.54, 1.807) is 6.42 Å². The maximum Gasteiger partial charge on any atom is -0.00360 e. The summed E-state index contributed by atoms with van der Waals surface area (Å²) in [6, 6.07) is 0. The molecule has 0 radical (unpaired) electrons. The Morgan fingerprint density at radius 2 is 1.83 bits per heavy atom. The summed E-state index contributed by atoms with van der Waals surface area (Å²) < 4.78 is 0. The first kappa shape index (κ1) is 3.36. The minimum Gasteiger partial charge on any atom is -0.161 e. The van der Waals surface area contributed by atoms with Crippen LogP contribution in [0.25, 0.3) is 0 Å². The average Bonchev–Trinajstić information content (AvgIpc) is 2.17. The molecule has 2 rings (SSSR count). The SMILES string of the molecule is C1SC[C@@H]2CC12. The predicted molar refractivity (Wildman–Crippen MR) is 28.9 cm³/mol. The lowest BCUT2D eigenvalue weighted by Gasteiger charge is -1.82. The van der Waals surface area contributed by atoms with E-state index in [2.05, 4.69) is 11.8 Å². The van der Waals surface area contributed by atoms with Crippen molar-refractivity contribution in [3.8, 4) is 0 Å². The second-order valence-electron chi connectivity index (χ2n) is 2.29. The summed E-state index contributed by atoms with van der Waals surface area (Å²) >= 11 is 2.13. The standard InChI is InChI=1S/C5H8S/c1-4-2-6-3-5(1)4/h4-5H,1-3H2/t4-,5?/m0/s1. The molecule has 0 aromatic rings. The van der Waals surface area contributed by atoms with Crippen molar-refractivity contribution in [1.82, 2.24) is 0 Å². The summed E-state index contributed by atoms with van der Waals surface area (Å²) in [5.41, 5.74) is 0. The Morgan fingerprint density at radius 3 is 2.00 bits per heavy atom. The molecule has 2 fully saturated rings. The van der Waals surface area contributed by atoms with E-state index in [0.29, 0.717) is 0 Å². The van der Waals surface area contributed by atoms with E-state index < -0.39 is 0 Å². The Morgan fingerprint density at radius 1 is 1.17 bits per heavy atom. The van der Waals surface area contributed by atoms with Crippen LogP contribution in [0.15, 0.2) is 0 Å². The van der Waals surface area contributed by atoms with Crippen LogP contribution in [-0.4, -0.2) is 11.5 Å². The first-order valence-corrected chi connectivity index (χ1v) is 3.70. The van der Waals surface area contributed by atoms with E-state index in [9.17, 15) is 0 Å². The van der Waals surface area contributed by atoms with E-state index in [4.69, 9.17) is 0 Å². The predicted octanol–water partition coefficient (Wildman–Crippen LogP) is 1.37. The monoisotopic (exact) mass is 100 g/mol. The number of rotatable bonds is 0. The quantitative estimate of drug-likeness (QED) is 0.443. The van der Waals surface area contributed by atoms with E-state index in [0.717, 1.165) is 0 Å². The van der Waals surface area contributed by atoms with E-state index in [1.165, 1.54) is 23.3 Å². The van der Waals surface area contributed by atoms with Gasteiger partial charge in [-0.3, -0.25) is 0 Å². The van der Waals surface area contributed by atoms with Crippen LogP contribution in [0.3, 0.4) is 0 Å². The van der Waals surface area contributed by atoms with Gasteiger partial charge in [-0.1, -0.05) is 0 Å². The van der Waals surface area contributed by atoms with Gasteiger partial charge in [0.25, 0.3) is 0 Å². The van der Waals surface area contributed by atoms with Gasteiger partial charge in [0.1, 0.15) is 0 Å². The minimum absolute atomic E-state index is 1.18. The molecule has 1 aliphatic carbocycles. The van der Waals surface area contributed by atoms with E-state index in [1.807, 2.05) is 0 Å². The van der Waals surface area contributed by atoms with Gasteiger partial charge < -0.3 is 0 Å². The van der Waals surface area contributed by atoms with Crippen molar-refractivity contribution in [2.24, 2.45) is 11.8 Å². The maximum absolute atomic E-state index is 2.13. The van der Waals surface area contributed by atoms with Crippen molar-refractivity contribution in [2.45, 2.75) is 6.42 Å². The van der Waals surface area contributed by atoms with Crippen LogP contribution in [0.2, 0.25) is 0 Å². The van der Waals surface area contributed by atoms with Gasteiger partial charge in [0.05, 0.1) is 0 Å². The maximum atomic E-state index is 2.13. The molecule has 6 heavy (non-hydrogen) atoms. The molecule has 1 aliphatic heterocycles. The number of hydrogen-bond acceptors (Lipinski definition) is 1. The van der Waals surface area contributed by atoms with Gasteiger partial charge in [-0.15, -0.1) is 0 Å². The number of hydrogen-bond donors (Lipinski definition) is 0. The molecular weight excluding hydrogens is 92.1 g/mol. The third kappa shape index (κ3) is 0.320. The van der Waals surface area contributed by atoms with E-state index >= 15 is 0 Å². The van der Waals surface area contributed by atoms with Gasteiger partial charge >= 0.3 is 0 Å². The third-order valence-electron chi connectivity index (χ3n) is 1.73. The number of thioether (sulfide) groups is 1. The van der Waals surface area contributed by atoms with Crippen molar-refractivity contribution >= 4 is 11.8 Å². The Hall–Kier alpha value is 0.350. The minimum atomic E-state index is 1.18. The van der Waals surface area contributed by atoms with Crippen molar-refractivity contribution in [1.29, 1.82) is 0 Å². The normalized spacial score (nSPS) is 52.0. The Kier molecular flexibility index (Phi) is 0.530.